The summed E-state index contributed by atoms with van der Waals surface area (Å²) in [7, 11) is -3.11. The minimum absolute atomic E-state index is 0.0223. The first-order chi connectivity index (χ1) is 7.43. The van der Waals surface area contributed by atoms with E-state index in [-0.39, 0.29) is 11.8 Å². The lowest BCUT2D eigenvalue weighted by molar-refractivity contribution is 0.433. The van der Waals surface area contributed by atoms with Crippen LogP contribution >= 0.6 is 0 Å². The third-order valence-corrected chi connectivity index (χ3v) is 4.44. The van der Waals surface area contributed by atoms with Crippen LogP contribution in [0.5, 0.6) is 0 Å². The number of rotatable bonds is 9. The third-order valence-electron chi connectivity index (χ3n) is 2.88. The van der Waals surface area contributed by atoms with Crippen molar-refractivity contribution in [2.24, 2.45) is 5.92 Å². The van der Waals surface area contributed by atoms with E-state index in [1.807, 2.05) is 13.8 Å². The Labute approximate surface area is 100 Å². The molecule has 0 rings (SSSR count). The monoisotopic (exact) mass is 250 g/mol. The molecule has 0 amide bonds. The lowest BCUT2D eigenvalue weighted by Crippen LogP contribution is -2.38. The van der Waals surface area contributed by atoms with Crippen molar-refractivity contribution >= 4 is 10.0 Å². The maximum absolute atomic E-state index is 11.7. The maximum Gasteiger partial charge on any atom is 0.211 e. The van der Waals surface area contributed by atoms with Gasteiger partial charge in [0.05, 0.1) is 5.75 Å². The minimum atomic E-state index is -3.11. The smallest absolute Gasteiger partial charge is 0.211 e. The third kappa shape index (κ3) is 7.19. The number of sulfonamides is 1. The Bertz CT molecular complexity index is 265. The van der Waals surface area contributed by atoms with Crippen LogP contribution in [0, 0.1) is 5.92 Å². The van der Waals surface area contributed by atoms with Crippen molar-refractivity contribution in [1.82, 2.24) is 10.0 Å². The summed E-state index contributed by atoms with van der Waals surface area (Å²) in [4.78, 5) is 0. The van der Waals surface area contributed by atoms with E-state index in [1.165, 1.54) is 0 Å². The number of nitrogens with one attached hydrogen (secondary N) is 2. The van der Waals surface area contributed by atoms with E-state index < -0.39 is 10.0 Å². The van der Waals surface area contributed by atoms with Gasteiger partial charge in [-0.3, -0.25) is 0 Å². The van der Waals surface area contributed by atoms with Crippen LogP contribution in [0.2, 0.25) is 0 Å². The lowest BCUT2D eigenvalue weighted by atomic mass is 10.0. The Morgan fingerprint density at radius 1 is 1.19 bits per heavy atom. The molecule has 2 atom stereocenters. The van der Waals surface area contributed by atoms with Gasteiger partial charge >= 0.3 is 0 Å². The van der Waals surface area contributed by atoms with Crippen LogP contribution in [-0.4, -0.2) is 33.3 Å². The minimum Gasteiger partial charge on any atom is -0.317 e. The van der Waals surface area contributed by atoms with Crippen molar-refractivity contribution in [1.29, 1.82) is 0 Å². The fourth-order valence-electron chi connectivity index (χ4n) is 1.38. The normalized spacial score (nSPS) is 16.0. The zero-order valence-corrected chi connectivity index (χ0v) is 11.7. The highest BCUT2D eigenvalue weighted by Crippen LogP contribution is 2.08. The maximum atomic E-state index is 11.7. The van der Waals surface area contributed by atoms with Crippen LogP contribution in [0.15, 0.2) is 0 Å². The Morgan fingerprint density at radius 2 is 1.81 bits per heavy atom. The standard InChI is InChI=1S/C11H26N2O2S/c1-5-10(3)11(4)13-16(14,15)9-7-8-12-6-2/h10-13H,5-9H2,1-4H3. The highest BCUT2D eigenvalue weighted by atomic mass is 32.2. The zero-order valence-electron chi connectivity index (χ0n) is 10.9. The summed E-state index contributed by atoms with van der Waals surface area (Å²) < 4.78 is 26.1. The highest BCUT2D eigenvalue weighted by molar-refractivity contribution is 7.89. The predicted molar refractivity (Wildman–Crippen MR) is 69.0 cm³/mol. The summed E-state index contributed by atoms with van der Waals surface area (Å²) in [5.41, 5.74) is 0. The molecule has 16 heavy (non-hydrogen) atoms. The summed E-state index contributed by atoms with van der Waals surface area (Å²) in [6.45, 7) is 9.71. The van der Waals surface area contributed by atoms with Crippen LogP contribution in [0.25, 0.3) is 0 Å². The van der Waals surface area contributed by atoms with Gasteiger partial charge in [-0.2, -0.15) is 0 Å². The first-order valence-corrected chi connectivity index (χ1v) is 7.78. The van der Waals surface area contributed by atoms with Crippen LogP contribution in [0.1, 0.15) is 40.5 Å². The summed E-state index contributed by atoms with van der Waals surface area (Å²) in [5.74, 6) is 0.587. The van der Waals surface area contributed by atoms with Crippen LogP contribution in [-0.2, 0) is 10.0 Å². The Hall–Kier alpha value is -0.130. The molecule has 0 aromatic rings. The second kappa shape index (κ2) is 8.03. The molecule has 0 aromatic carbocycles. The molecule has 4 nitrogen and oxygen atoms in total. The molecular formula is C11H26N2O2S. The van der Waals surface area contributed by atoms with E-state index in [4.69, 9.17) is 0 Å². The Kier molecular flexibility index (Phi) is 7.97. The lowest BCUT2D eigenvalue weighted by Gasteiger charge is -2.19. The number of hydrogen-bond donors (Lipinski definition) is 2. The van der Waals surface area contributed by atoms with E-state index in [9.17, 15) is 8.42 Å². The van der Waals surface area contributed by atoms with Gasteiger partial charge in [0.15, 0.2) is 0 Å². The van der Waals surface area contributed by atoms with Gasteiger partial charge in [0.25, 0.3) is 0 Å². The average Bonchev–Trinajstić information content (AvgIpc) is 2.22. The molecule has 0 radical (unpaired) electrons. The first kappa shape index (κ1) is 15.9. The zero-order chi connectivity index (χ0) is 12.6. The van der Waals surface area contributed by atoms with Crippen molar-refractivity contribution in [2.75, 3.05) is 18.8 Å². The van der Waals surface area contributed by atoms with Gasteiger partial charge < -0.3 is 5.32 Å². The Balaban J connectivity index is 3.95. The Morgan fingerprint density at radius 3 is 2.31 bits per heavy atom. The second-order valence-electron chi connectivity index (χ2n) is 4.32. The molecule has 0 aliphatic carbocycles. The van der Waals surface area contributed by atoms with E-state index >= 15 is 0 Å². The molecule has 0 heterocycles. The molecular weight excluding hydrogens is 224 g/mol. The molecule has 2 unspecified atom stereocenters. The molecule has 0 saturated carbocycles. The van der Waals surface area contributed by atoms with Crippen LogP contribution in [0.4, 0.5) is 0 Å². The van der Waals surface area contributed by atoms with Crippen molar-refractivity contribution in [3.63, 3.8) is 0 Å². The molecule has 0 fully saturated rings. The van der Waals surface area contributed by atoms with Crippen molar-refractivity contribution in [3.05, 3.63) is 0 Å². The van der Waals surface area contributed by atoms with Gasteiger partial charge in [-0.25, -0.2) is 13.1 Å². The quantitative estimate of drug-likeness (QED) is 0.607. The van der Waals surface area contributed by atoms with Gasteiger partial charge in [0, 0.05) is 6.04 Å². The van der Waals surface area contributed by atoms with Gasteiger partial charge in [0.1, 0.15) is 0 Å². The van der Waals surface area contributed by atoms with Crippen LogP contribution < -0.4 is 10.0 Å². The number of hydrogen-bond acceptors (Lipinski definition) is 3. The molecule has 0 aliphatic heterocycles. The average molecular weight is 250 g/mol. The fraction of sp³-hybridized carbons (Fsp3) is 1.00. The summed E-state index contributed by atoms with van der Waals surface area (Å²) >= 11 is 0. The van der Waals surface area contributed by atoms with Crippen molar-refractivity contribution in [2.45, 2.75) is 46.6 Å². The molecule has 0 bridgehead atoms. The van der Waals surface area contributed by atoms with Crippen LogP contribution in [0.3, 0.4) is 0 Å². The fourth-order valence-corrected chi connectivity index (χ4v) is 2.82. The topological polar surface area (TPSA) is 58.2 Å². The van der Waals surface area contributed by atoms with Crippen molar-refractivity contribution in [3.8, 4) is 0 Å². The largest absolute Gasteiger partial charge is 0.317 e. The molecule has 2 N–H and O–H groups in total. The van der Waals surface area contributed by atoms with Gasteiger partial charge in [-0.15, -0.1) is 0 Å². The SMILES string of the molecule is CCNCCCS(=O)(=O)NC(C)C(C)CC. The van der Waals surface area contributed by atoms with E-state index in [0.717, 1.165) is 19.5 Å². The van der Waals surface area contributed by atoms with Gasteiger partial charge in [-0.1, -0.05) is 27.2 Å². The van der Waals surface area contributed by atoms with Crippen molar-refractivity contribution < 1.29 is 8.42 Å². The molecule has 0 aliphatic rings. The highest BCUT2D eigenvalue weighted by Gasteiger charge is 2.17. The predicted octanol–water partition coefficient (Wildman–Crippen LogP) is 1.34. The second-order valence-corrected chi connectivity index (χ2v) is 6.19. The molecule has 0 aromatic heterocycles. The van der Waals surface area contributed by atoms with Gasteiger partial charge in [0.2, 0.25) is 10.0 Å². The van der Waals surface area contributed by atoms with E-state index in [0.29, 0.717) is 12.3 Å². The van der Waals surface area contributed by atoms with Gasteiger partial charge in [-0.05, 0) is 32.4 Å². The summed E-state index contributed by atoms with van der Waals surface area (Å²) in [6, 6.07) is 0.0223. The summed E-state index contributed by atoms with van der Waals surface area (Å²) in [5, 5.41) is 3.12. The first-order valence-electron chi connectivity index (χ1n) is 6.13. The molecule has 0 spiro atoms. The molecule has 5 heteroatoms. The molecule has 98 valence electrons. The summed E-state index contributed by atoms with van der Waals surface area (Å²) in [6.07, 6.45) is 1.65. The molecule has 0 saturated heterocycles. The van der Waals surface area contributed by atoms with E-state index in [1.54, 1.807) is 0 Å². The van der Waals surface area contributed by atoms with E-state index in [2.05, 4.69) is 23.9 Å².